The number of rotatable bonds is 6. The molecular weight excluding hydrogens is 245 g/mol. The molecule has 1 heterocycles. The van der Waals surface area contributed by atoms with Crippen LogP contribution in [-0.4, -0.2) is 31.4 Å². The van der Waals surface area contributed by atoms with E-state index in [1.54, 1.807) is 12.1 Å². The SMILES string of the molecule is Fc1ccc(OCC2CCC(CNC3CC3)O2)cc1. The normalized spacial score (nSPS) is 26.6. The van der Waals surface area contributed by atoms with Gasteiger partial charge in [-0.2, -0.15) is 0 Å². The second kappa shape index (κ2) is 5.88. The largest absolute Gasteiger partial charge is 0.491 e. The molecule has 2 fully saturated rings. The smallest absolute Gasteiger partial charge is 0.123 e. The highest BCUT2D eigenvalue weighted by Crippen LogP contribution is 2.23. The summed E-state index contributed by atoms with van der Waals surface area (Å²) in [6.45, 7) is 1.50. The first kappa shape index (κ1) is 12.9. The number of benzene rings is 1. The van der Waals surface area contributed by atoms with Gasteiger partial charge in [0.1, 0.15) is 18.2 Å². The average molecular weight is 265 g/mol. The summed E-state index contributed by atoms with van der Waals surface area (Å²) in [7, 11) is 0. The van der Waals surface area contributed by atoms with Gasteiger partial charge >= 0.3 is 0 Å². The van der Waals surface area contributed by atoms with Gasteiger partial charge in [0.05, 0.1) is 12.2 Å². The van der Waals surface area contributed by atoms with Crippen LogP contribution in [-0.2, 0) is 4.74 Å². The maximum absolute atomic E-state index is 12.7. The van der Waals surface area contributed by atoms with Gasteiger partial charge in [0, 0.05) is 12.6 Å². The van der Waals surface area contributed by atoms with Gasteiger partial charge in [0.2, 0.25) is 0 Å². The summed E-state index contributed by atoms with van der Waals surface area (Å²) in [5, 5.41) is 3.49. The molecule has 19 heavy (non-hydrogen) atoms. The fraction of sp³-hybridized carbons (Fsp3) is 0.600. The van der Waals surface area contributed by atoms with Gasteiger partial charge < -0.3 is 14.8 Å². The Morgan fingerprint density at radius 3 is 2.58 bits per heavy atom. The number of hydrogen-bond donors (Lipinski definition) is 1. The van der Waals surface area contributed by atoms with Gasteiger partial charge in [-0.15, -0.1) is 0 Å². The first-order valence-electron chi connectivity index (χ1n) is 7.07. The van der Waals surface area contributed by atoms with Gasteiger partial charge in [0.25, 0.3) is 0 Å². The first-order chi connectivity index (χ1) is 9.29. The molecule has 0 bridgehead atoms. The molecule has 1 N–H and O–H groups in total. The lowest BCUT2D eigenvalue weighted by molar-refractivity contribution is 0.0184. The Hall–Kier alpha value is -1.13. The molecule has 4 heteroatoms. The molecule has 1 aromatic carbocycles. The van der Waals surface area contributed by atoms with Crippen LogP contribution in [0.15, 0.2) is 24.3 Å². The summed E-state index contributed by atoms with van der Waals surface area (Å²) in [5.41, 5.74) is 0. The average Bonchev–Trinajstić information content (AvgIpc) is 3.15. The van der Waals surface area contributed by atoms with Crippen molar-refractivity contribution in [2.24, 2.45) is 0 Å². The van der Waals surface area contributed by atoms with Gasteiger partial charge in [-0.3, -0.25) is 0 Å². The summed E-state index contributed by atoms with van der Waals surface area (Å²) in [6, 6.07) is 6.85. The van der Waals surface area contributed by atoms with E-state index in [0.717, 1.165) is 25.4 Å². The van der Waals surface area contributed by atoms with Gasteiger partial charge in [0.15, 0.2) is 0 Å². The summed E-state index contributed by atoms with van der Waals surface area (Å²) < 4.78 is 24.3. The molecule has 0 amide bonds. The molecule has 1 saturated carbocycles. The Kier molecular flexibility index (Phi) is 3.99. The van der Waals surface area contributed by atoms with Crippen molar-refractivity contribution in [1.82, 2.24) is 5.32 Å². The molecule has 1 aromatic rings. The van der Waals surface area contributed by atoms with Crippen LogP contribution in [0.5, 0.6) is 5.75 Å². The van der Waals surface area contributed by atoms with E-state index in [9.17, 15) is 4.39 Å². The van der Waals surface area contributed by atoms with Crippen LogP contribution in [0.25, 0.3) is 0 Å². The predicted molar refractivity (Wildman–Crippen MR) is 70.8 cm³/mol. The van der Waals surface area contributed by atoms with Crippen molar-refractivity contribution in [3.63, 3.8) is 0 Å². The highest BCUT2D eigenvalue weighted by Gasteiger charge is 2.28. The first-order valence-corrected chi connectivity index (χ1v) is 7.07. The fourth-order valence-corrected chi connectivity index (χ4v) is 2.36. The van der Waals surface area contributed by atoms with Crippen molar-refractivity contribution < 1.29 is 13.9 Å². The second-order valence-corrected chi connectivity index (χ2v) is 5.40. The number of halogens is 1. The van der Waals surface area contributed by atoms with Crippen LogP contribution in [0.2, 0.25) is 0 Å². The molecule has 0 aromatic heterocycles. The molecule has 1 aliphatic heterocycles. The van der Waals surface area contributed by atoms with Crippen LogP contribution in [0.1, 0.15) is 25.7 Å². The minimum atomic E-state index is -0.240. The van der Waals surface area contributed by atoms with Gasteiger partial charge in [-0.1, -0.05) is 0 Å². The minimum Gasteiger partial charge on any atom is -0.491 e. The van der Waals surface area contributed by atoms with Crippen molar-refractivity contribution in [2.75, 3.05) is 13.2 Å². The number of hydrogen-bond acceptors (Lipinski definition) is 3. The Morgan fingerprint density at radius 2 is 1.84 bits per heavy atom. The van der Waals surface area contributed by atoms with E-state index in [0.29, 0.717) is 18.5 Å². The fourth-order valence-electron chi connectivity index (χ4n) is 2.36. The summed E-state index contributed by atoms with van der Waals surface area (Å²) in [5.74, 6) is 0.459. The van der Waals surface area contributed by atoms with E-state index in [1.807, 2.05) is 0 Å². The lowest BCUT2D eigenvalue weighted by Gasteiger charge is -2.15. The van der Waals surface area contributed by atoms with Crippen LogP contribution in [0.3, 0.4) is 0 Å². The molecule has 2 unspecified atom stereocenters. The van der Waals surface area contributed by atoms with Crippen LogP contribution in [0, 0.1) is 5.82 Å². The summed E-state index contributed by atoms with van der Waals surface area (Å²) >= 11 is 0. The number of ether oxygens (including phenoxy) is 2. The molecule has 2 atom stereocenters. The maximum atomic E-state index is 12.7. The van der Waals surface area contributed by atoms with E-state index >= 15 is 0 Å². The zero-order valence-corrected chi connectivity index (χ0v) is 11.0. The van der Waals surface area contributed by atoms with E-state index in [4.69, 9.17) is 9.47 Å². The highest BCUT2D eigenvalue weighted by atomic mass is 19.1. The standard InChI is InChI=1S/C15H20FNO2/c16-11-1-5-13(6-2-11)18-10-15-8-7-14(19-15)9-17-12-3-4-12/h1-2,5-6,12,14-15,17H,3-4,7-10H2. The number of nitrogens with one attached hydrogen (secondary N) is 1. The van der Waals surface area contributed by atoms with Crippen LogP contribution in [0.4, 0.5) is 4.39 Å². The molecule has 1 aliphatic carbocycles. The van der Waals surface area contributed by atoms with Crippen LogP contribution < -0.4 is 10.1 Å². The van der Waals surface area contributed by atoms with Gasteiger partial charge in [-0.05, 0) is 49.9 Å². The third kappa shape index (κ3) is 3.91. The lowest BCUT2D eigenvalue weighted by atomic mass is 10.2. The highest BCUT2D eigenvalue weighted by molar-refractivity contribution is 5.22. The Morgan fingerprint density at radius 1 is 1.11 bits per heavy atom. The molecule has 1 saturated heterocycles. The molecule has 3 nitrogen and oxygen atoms in total. The lowest BCUT2D eigenvalue weighted by Crippen LogP contribution is -2.29. The Balaban J connectivity index is 1.37. The molecule has 0 radical (unpaired) electrons. The van der Waals surface area contributed by atoms with E-state index in [-0.39, 0.29) is 11.9 Å². The van der Waals surface area contributed by atoms with Crippen molar-refractivity contribution in [3.8, 4) is 5.75 Å². The zero-order chi connectivity index (χ0) is 13.1. The minimum absolute atomic E-state index is 0.163. The van der Waals surface area contributed by atoms with Crippen molar-refractivity contribution in [2.45, 2.75) is 43.9 Å². The zero-order valence-electron chi connectivity index (χ0n) is 11.0. The Labute approximate surface area is 113 Å². The predicted octanol–water partition coefficient (Wildman–Crippen LogP) is 2.50. The quantitative estimate of drug-likeness (QED) is 0.857. The second-order valence-electron chi connectivity index (χ2n) is 5.40. The van der Waals surface area contributed by atoms with Crippen molar-refractivity contribution in [3.05, 3.63) is 30.1 Å². The van der Waals surface area contributed by atoms with E-state index in [1.165, 1.54) is 25.0 Å². The molecule has 2 aliphatic rings. The van der Waals surface area contributed by atoms with Crippen molar-refractivity contribution >= 4 is 0 Å². The molecule has 0 spiro atoms. The third-order valence-electron chi connectivity index (χ3n) is 3.66. The summed E-state index contributed by atoms with van der Waals surface area (Å²) in [6.07, 6.45) is 5.24. The van der Waals surface area contributed by atoms with Crippen LogP contribution >= 0.6 is 0 Å². The van der Waals surface area contributed by atoms with Crippen molar-refractivity contribution in [1.29, 1.82) is 0 Å². The molecule has 3 rings (SSSR count). The third-order valence-corrected chi connectivity index (χ3v) is 3.66. The topological polar surface area (TPSA) is 30.5 Å². The maximum Gasteiger partial charge on any atom is 0.123 e. The molecule has 104 valence electrons. The van der Waals surface area contributed by atoms with E-state index in [2.05, 4.69) is 5.32 Å². The van der Waals surface area contributed by atoms with Gasteiger partial charge in [-0.25, -0.2) is 4.39 Å². The molecular formula is C15H20FNO2. The van der Waals surface area contributed by atoms with E-state index < -0.39 is 0 Å². The summed E-state index contributed by atoms with van der Waals surface area (Å²) in [4.78, 5) is 0. The Bertz CT molecular complexity index is 405. The monoisotopic (exact) mass is 265 g/mol.